The van der Waals surface area contributed by atoms with Crippen molar-refractivity contribution in [3.8, 4) is 17.7 Å². The Balaban J connectivity index is 1.71. The molecule has 1 heterocycles. The second kappa shape index (κ2) is 7.95. The zero-order chi connectivity index (χ0) is 18.4. The van der Waals surface area contributed by atoms with Crippen LogP contribution in [0.15, 0.2) is 66.9 Å². The van der Waals surface area contributed by atoms with Crippen LogP contribution >= 0.6 is 0 Å². The lowest BCUT2D eigenvalue weighted by Crippen LogP contribution is -2.23. The Bertz CT molecular complexity index is 959. The van der Waals surface area contributed by atoms with Gasteiger partial charge in [0.05, 0.1) is 11.6 Å². The van der Waals surface area contributed by atoms with Crippen LogP contribution in [0, 0.1) is 18.3 Å². The van der Waals surface area contributed by atoms with Crippen LogP contribution in [-0.4, -0.2) is 10.9 Å². The van der Waals surface area contributed by atoms with E-state index in [2.05, 4.69) is 10.3 Å². The van der Waals surface area contributed by atoms with E-state index < -0.39 is 0 Å². The van der Waals surface area contributed by atoms with Crippen LogP contribution in [0.2, 0.25) is 0 Å². The van der Waals surface area contributed by atoms with E-state index in [-0.39, 0.29) is 12.5 Å². The highest BCUT2D eigenvalue weighted by Gasteiger charge is 2.10. The maximum absolute atomic E-state index is 12.3. The number of nitriles is 1. The Morgan fingerprint density at radius 2 is 1.88 bits per heavy atom. The molecule has 2 aromatic carbocycles. The number of carbonyl (C=O) groups is 1. The van der Waals surface area contributed by atoms with Gasteiger partial charge >= 0.3 is 0 Å². The molecule has 5 nitrogen and oxygen atoms in total. The van der Waals surface area contributed by atoms with Crippen molar-refractivity contribution < 1.29 is 9.53 Å². The molecule has 1 amide bonds. The van der Waals surface area contributed by atoms with Gasteiger partial charge in [0.15, 0.2) is 0 Å². The number of nitrogens with zero attached hydrogens (tertiary/aromatic N) is 2. The van der Waals surface area contributed by atoms with Crippen LogP contribution in [0.5, 0.6) is 11.6 Å². The smallest absolute Gasteiger partial charge is 0.251 e. The van der Waals surface area contributed by atoms with Gasteiger partial charge in [0.1, 0.15) is 5.75 Å². The summed E-state index contributed by atoms with van der Waals surface area (Å²) in [6.45, 7) is 2.25. The number of ether oxygens (including phenoxy) is 1. The number of carbonyl (C=O) groups excluding carboxylic acids is 1. The molecule has 5 heteroatoms. The van der Waals surface area contributed by atoms with Gasteiger partial charge in [-0.3, -0.25) is 4.79 Å². The fraction of sp³-hybridized carbons (Fsp3) is 0.0952. The molecule has 128 valence electrons. The molecule has 1 aromatic heterocycles. The molecule has 3 rings (SSSR count). The first-order valence-electron chi connectivity index (χ1n) is 8.13. The number of amides is 1. The predicted octanol–water partition coefficient (Wildman–Crippen LogP) is 3.98. The lowest BCUT2D eigenvalue weighted by molar-refractivity contribution is 0.0950. The summed E-state index contributed by atoms with van der Waals surface area (Å²) in [4.78, 5) is 16.6. The summed E-state index contributed by atoms with van der Waals surface area (Å²) in [5.74, 6) is 0.966. The largest absolute Gasteiger partial charge is 0.438 e. The number of hydrogen-bond acceptors (Lipinski definition) is 4. The average Bonchev–Trinajstić information content (AvgIpc) is 2.69. The molecule has 1 N–H and O–H groups in total. The third kappa shape index (κ3) is 4.05. The topological polar surface area (TPSA) is 75.0 Å². The Labute approximate surface area is 151 Å². The number of rotatable bonds is 5. The quantitative estimate of drug-likeness (QED) is 0.760. The minimum absolute atomic E-state index is 0.222. The second-order valence-corrected chi connectivity index (χ2v) is 5.71. The number of aryl methyl sites for hydroxylation is 1. The van der Waals surface area contributed by atoms with Gasteiger partial charge in [-0.05, 0) is 48.9 Å². The van der Waals surface area contributed by atoms with Crippen LogP contribution in [0.4, 0.5) is 0 Å². The number of para-hydroxylation sites is 1. The van der Waals surface area contributed by atoms with E-state index in [1.54, 1.807) is 36.5 Å². The summed E-state index contributed by atoms with van der Waals surface area (Å²) in [5.41, 5.74) is 2.79. The zero-order valence-corrected chi connectivity index (χ0v) is 14.3. The highest BCUT2D eigenvalue weighted by Crippen LogP contribution is 2.25. The van der Waals surface area contributed by atoms with Gasteiger partial charge in [0.25, 0.3) is 5.91 Å². The minimum Gasteiger partial charge on any atom is -0.438 e. The molecule has 26 heavy (non-hydrogen) atoms. The van der Waals surface area contributed by atoms with Crippen molar-refractivity contribution in [2.45, 2.75) is 13.5 Å². The summed E-state index contributed by atoms with van der Waals surface area (Å²) < 4.78 is 5.91. The molecule has 0 atom stereocenters. The van der Waals surface area contributed by atoms with E-state index in [0.717, 1.165) is 16.9 Å². The zero-order valence-electron chi connectivity index (χ0n) is 14.3. The van der Waals surface area contributed by atoms with E-state index in [0.29, 0.717) is 17.0 Å². The van der Waals surface area contributed by atoms with Crippen LogP contribution in [0.3, 0.4) is 0 Å². The molecule has 0 saturated carbocycles. The Hall–Kier alpha value is -3.65. The van der Waals surface area contributed by atoms with Crippen LogP contribution < -0.4 is 10.1 Å². The van der Waals surface area contributed by atoms with Gasteiger partial charge in [-0.15, -0.1) is 0 Å². The molecule has 0 unspecified atom stereocenters. The molecule has 3 aromatic rings. The van der Waals surface area contributed by atoms with Crippen molar-refractivity contribution in [3.05, 3.63) is 89.1 Å². The van der Waals surface area contributed by atoms with Crippen molar-refractivity contribution in [3.63, 3.8) is 0 Å². The number of aromatic nitrogens is 1. The van der Waals surface area contributed by atoms with E-state index in [4.69, 9.17) is 10.00 Å². The minimum atomic E-state index is -0.222. The number of hydrogen-bond donors (Lipinski definition) is 1. The second-order valence-electron chi connectivity index (χ2n) is 5.71. The number of nitrogens with one attached hydrogen (secondary N) is 1. The van der Waals surface area contributed by atoms with Crippen molar-refractivity contribution in [1.29, 1.82) is 5.26 Å². The van der Waals surface area contributed by atoms with Gasteiger partial charge in [-0.2, -0.15) is 5.26 Å². The van der Waals surface area contributed by atoms with E-state index in [1.165, 1.54) is 0 Å². The van der Waals surface area contributed by atoms with Gasteiger partial charge in [-0.1, -0.05) is 24.3 Å². The van der Waals surface area contributed by atoms with Crippen LogP contribution in [0.25, 0.3) is 0 Å². The van der Waals surface area contributed by atoms with Gasteiger partial charge < -0.3 is 10.1 Å². The van der Waals surface area contributed by atoms with Crippen molar-refractivity contribution >= 4 is 5.91 Å². The normalized spacial score (nSPS) is 10.0. The average molecular weight is 343 g/mol. The summed E-state index contributed by atoms with van der Waals surface area (Å²) in [6.07, 6.45) is 1.65. The molecular formula is C21H17N3O2. The highest BCUT2D eigenvalue weighted by molar-refractivity contribution is 5.94. The predicted molar refractivity (Wildman–Crippen MR) is 97.8 cm³/mol. The molecule has 0 aliphatic rings. The monoisotopic (exact) mass is 343 g/mol. The summed E-state index contributed by atoms with van der Waals surface area (Å²) >= 11 is 0. The van der Waals surface area contributed by atoms with E-state index >= 15 is 0 Å². The standard InChI is InChI=1S/C21H17N3O2/c1-15-5-2-3-7-19(15)26-21-18(6-4-12-23-21)14-24-20(25)17-10-8-16(13-22)9-11-17/h2-12H,14H2,1H3,(H,24,25). The SMILES string of the molecule is Cc1ccccc1Oc1ncccc1CNC(=O)c1ccc(C#N)cc1. The number of benzene rings is 2. The molecule has 0 bridgehead atoms. The van der Waals surface area contributed by atoms with Crippen molar-refractivity contribution in [1.82, 2.24) is 10.3 Å². The first-order valence-corrected chi connectivity index (χ1v) is 8.13. The first-order chi connectivity index (χ1) is 12.7. The molecule has 0 spiro atoms. The lowest BCUT2D eigenvalue weighted by atomic mass is 10.1. The first kappa shape index (κ1) is 17.2. The van der Waals surface area contributed by atoms with Crippen LogP contribution in [-0.2, 0) is 6.54 Å². The van der Waals surface area contributed by atoms with E-state index in [9.17, 15) is 4.79 Å². The summed E-state index contributed by atoms with van der Waals surface area (Å²) in [5, 5.41) is 11.7. The Morgan fingerprint density at radius 3 is 2.62 bits per heavy atom. The third-order valence-electron chi connectivity index (χ3n) is 3.87. The Kier molecular flexibility index (Phi) is 5.25. The highest BCUT2D eigenvalue weighted by atomic mass is 16.5. The van der Waals surface area contributed by atoms with Crippen molar-refractivity contribution in [2.75, 3.05) is 0 Å². The number of pyridine rings is 1. The molecular weight excluding hydrogens is 326 g/mol. The van der Waals surface area contributed by atoms with Gasteiger partial charge in [-0.25, -0.2) is 4.98 Å². The summed E-state index contributed by atoms with van der Waals surface area (Å²) in [6, 6.07) is 19.9. The lowest BCUT2D eigenvalue weighted by Gasteiger charge is -2.12. The van der Waals surface area contributed by atoms with E-state index in [1.807, 2.05) is 43.3 Å². The summed E-state index contributed by atoms with van der Waals surface area (Å²) in [7, 11) is 0. The van der Waals surface area contributed by atoms with Gasteiger partial charge in [0.2, 0.25) is 5.88 Å². The van der Waals surface area contributed by atoms with Gasteiger partial charge in [0, 0.05) is 23.9 Å². The molecule has 0 aliphatic carbocycles. The molecule has 0 radical (unpaired) electrons. The Morgan fingerprint density at radius 1 is 1.12 bits per heavy atom. The maximum Gasteiger partial charge on any atom is 0.251 e. The molecule has 0 aliphatic heterocycles. The fourth-order valence-electron chi connectivity index (χ4n) is 2.40. The molecule has 0 fully saturated rings. The van der Waals surface area contributed by atoms with Crippen LogP contribution in [0.1, 0.15) is 27.0 Å². The maximum atomic E-state index is 12.3. The molecule has 0 saturated heterocycles. The van der Waals surface area contributed by atoms with Crippen molar-refractivity contribution in [2.24, 2.45) is 0 Å². The fourth-order valence-corrected chi connectivity index (χ4v) is 2.40. The third-order valence-corrected chi connectivity index (χ3v) is 3.87.